The van der Waals surface area contributed by atoms with Gasteiger partial charge in [0, 0.05) is 5.56 Å². The molecule has 1 aliphatic heterocycles. The largest absolute Gasteiger partial charge is 0.488 e. The van der Waals surface area contributed by atoms with Gasteiger partial charge in [0.1, 0.15) is 12.4 Å². The van der Waals surface area contributed by atoms with E-state index in [1.54, 1.807) is 30.3 Å². The number of nitrogens with one attached hydrogen (secondary N) is 1. The van der Waals surface area contributed by atoms with Crippen LogP contribution in [0.1, 0.15) is 16.6 Å². The van der Waals surface area contributed by atoms with E-state index in [2.05, 4.69) is 34.8 Å². The first-order valence-corrected chi connectivity index (χ1v) is 15.5. The smallest absolute Gasteiger partial charge is 0.384 e. The number of hydrogen-bond donors (Lipinski definition) is 6. The third-order valence-corrected chi connectivity index (χ3v) is 9.26. The summed E-state index contributed by atoms with van der Waals surface area (Å²) in [4.78, 5) is 61.3. The molecular weight excluding hydrogens is 599 g/mol. The number of benzene rings is 1. The van der Waals surface area contributed by atoms with E-state index in [4.69, 9.17) is 25.7 Å². The summed E-state index contributed by atoms with van der Waals surface area (Å²) in [5.41, 5.74) is -1.53. The summed E-state index contributed by atoms with van der Waals surface area (Å²) in [6.07, 6.45) is 3.35. The van der Waals surface area contributed by atoms with Gasteiger partial charge in [0.15, 0.2) is 35.2 Å². The predicted molar refractivity (Wildman–Crippen MR) is 132 cm³/mol. The number of aromatic nitrogens is 4. The molecule has 1 aliphatic rings. The highest BCUT2D eigenvalue weighted by molar-refractivity contribution is 7.68. The average Bonchev–Trinajstić information content (AvgIpc) is 3.43. The molecule has 1 aromatic carbocycles. The van der Waals surface area contributed by atoms with Crippen LogP contribution in [-0.2, 0) is 31.8 Å². The van der Waals surface area contributed by atoms with Crippen LogP contribution in [0.15, 0.2) is 43.0 Å². The van der Waals surface area contributed by atoms with E-state index in [1.807, 2.05) is 0 Å². The van der Waals surface area contributed by atoms with Gasteiger partial charge in [-0.15, -0.1) is 6.42 Å². The Morgan fingerprint density at radius 1 is 1.15 bits per heavy atom. The summed E-state index contributed by atoms with van der Waals surface area (Å²) in [7, 11) is -16.5. The molecule has 40 heavy (non-hydrogen) atoms. The Kier molecular flexibility index (Phi) is 8.42. The lowest BCUT2D eigenvalue weighted by Gasteiger charge is -2.28. The number of nitrogens with zero attached hydrogens (tertiary/aromatic N) is 4. The van der Waals surface area contributed by atoms with Crippen LogP contribution < -0.4 is 5.32 Å². The van der Waals surface area contributed by atoms with E-state index in [0.717, 1.165) is 6.33 Å². The fourth-order valence-corrected chi connectivity index (χ4v) is 6.91. The Hall–Kier alpha value is -2.87. The van der Waals surface area contributed by atoms with E-state index < -0.39 is 60.0 Å². The Morgan fingerprint density at radius 2 is 1.85 bits per heavy atom. The van der Waals surface area contributed by atoms with Gasteiger partial charge in [-0.3, -0.25) is 13.9 Å². The van der Waals surface area contributed by atoms with Gasteiger partial charge in [0.05, 0.1) is 12.9 Å². The molecule has 1 amide bonds. The number of aliphatic hydroxyl groups excluding tert-OH is 1. The predicted octanol–water partition coefficient (Wildman–Crippen LogP) is 0.726. The SMILES string of the molecule is C#CC1(OCP(=O)(O)OP(=O)(O)OP(=O)(O)O)COC(n2cnc3c(NC(=O)c4ccccc4)ncnc32)C1O. The molecule has 0 bridgehead atoms. The molecular formula is C19H20N5O13P3. The third kappa shape index (κ3) is 6.70. The van der Waals surface area contributed by atoms with Crippen molar-refractivity contribution in [1.29, 1.82) is 0 Å². The summed E-state index contributed by atoms with van der Waals surface area (Å²) < 4.78 is 54.1. The minimum absolute atomic E-state index is 0.0499. The maximum absolute atomic E-state index is 12.6. The van der Waals surface area contributed by atoms with Gasteiger partial charge in [0.2, 0.25) is 0 Å². The zero-order chi connectivity index (χ0) is 29.3. The number of carbonyl (C=O) groups is 1. The Labute approximate surface area is 224 Å². The van der Waals surface area contributed by atoms with Crippen LogP contribution in [-0.4, -0.2) is 74.8 Å². The van der Waals surface area contributed by atoms with Crippen molar-refractivity contribution in [2.45, 2.75) is 17.9 Å². The number of phosphoric acid groups is 2. The van der Waals surface area contributed by atoms with Crippen molar-refractivity contribution in [3.8, 4) is 12.3 Å². The number of aliphatic hydroxyl groups is 1. The lowest BCUT2D eigenvalue weighted by molar-refractivity contribution is -0.0600. The Bertz CT molecular complexity index is 1610. The van der Waals surface area contributed by atoms with Gasteiger partial charge < -0.3 is 39.5 Å². The number of carbonyl (C=O) groups excluding carboxylic acids is 1. The monoisotopic (exact) mass is 619 g/mol. The van der Waals surface area contributed by atoms with Crippen molar-refractivity contribution in [3.05, 3.63) is 48.5 Å². The minimum Gasteiger partial charge on any atom is -0.384 e. The molecule has 6 N–H and O–H groups in total. The zero-order valence-corrected chi connectivity index (χ0v) is 22.5. The fraction of sp³-hybridized carbons (Fsp3) is 0.263. The van der Waals surface area contributed by atoms with Gasteiger partial charge in [-0.05, 0) is 12.1 Å². The molecule has 2 aromatic heterocycles. The highest BCUT2D eigenvalue weighted by Gasteiger charge is 2.52. The van der Waals surface area contributed by atoms with Crippen LogP contribution in [0.25, 0.3) is 11.2 Å². The first kappa shape index (κ1) is 30.1. The molecule has 0 aliphatic carbocycles. The van der Waals surface area contributed by atoms with Crippen molar-refractivity contribution < 1.29 is 61.3 Å². The highest BCUT2D eigenvalue weighted by Crippen LogP contribution is 2.66. The molecule has 0 spiro atoms. The number of terminal acetylenes is 1. The molecule has 1 fully saturated rings. The van der Waals surface area contributed by atoms with E-state index in [-0.39, 0.29) is 17.0 Å². The van der Waals surface area contributed by atoms with E-state index >= 15 is 0 Å². The molecule has 1 saturated heterocycles. The first-order valence-electron chi connectivity index (χ1n) is 10.7. The Morgan fingerprint density at radius 3 is 2.50 bits per heavy atom. The quantitative estimate of drug-likeness (QED) is 0.135. The number of amides is 1. The lowest BCUT2D eigenvalue weighted by atomic mass is 10.00. The van der Waals surface area contributed by atoms with Gasteiger partial charge in [-0.2, -0.15) is 4.31 Å². The molecule has 4 rings (SSSR count). The zero-order valence-electron chi connectivity index (χ0n) is 19.8. The maximum atomic E-state index is 12.6. The molecule has 5 atom stereocenters. The van der Waals surface area contributed by atoms with Gasteiger partial charge >= 0.3 is 23.2 Å². The summed E-state index contributed by atoms with van der Waals surface area (Å²) >= 11 is 0. The third-order valence-electron chi connectivity index (χ3n) is 5.29. The molecule has 5 unspecified atom stereocenters. The summed E-state index contributed by atoms with van der Waals surface area (Å²) in [5, 5.41) is 13.6. The van der Waals surface area contributed by atoms with Crippen LogP contribution in [0.2, 0.25) is 0 Å². The molecule has 214 valence electrons. The number of hydrogen-bond acceptors (Lipinski definition) is 12. The molecule has 0 saturated carbocycles. The van der Waals surface area contributed by atoms with Crippen molar-refractivity contribution >= 4 is 46.1 Å². The topological polar surface area (TPSA) is 262 Å². The average molecular weight is 619 g/mol. The minimum atomic E-state index is -5.71. The lowest BCUT2D eigenvalue weighted by Crippen LogP contribution is -2.44. The molecule has 18 nitrogen and oxygen atoms in total. The van der Waals surface area contributed by atoms with Crippen molar-refractivity contribution in [2.24, 2.45) is 0 Å². The number of rotatable bonds is 10. The second-order valence-electron chi connectivity index (χ2n) is 8.08. The standard InChI is InChI=1S/C19H20N5O13P3/c1-2-19(35-11-38(27,28)36-40(32,33)37-39(29,30)31)8-34-18(14(19)25)24-10-22-13-15(20-9-21-16(13)24)23-17(26)12-6-4-3-5-7-12/h1,3-7,9-10,14,18,25H,8,11H2,(H,27,28)(H,32,33)(H2,29,30,31)(H,20,21,23,26). The molecule has 3 aromatic rings. The van der Waals surface area contributed by atoms with Crippen molar-refractivity contribution in [3.63, 3.8) is 0 Å². The second-order valence-corrected chi connectivity index (χ2v) is 12.8. The molecule has 0 radical (unpaired) electrons. The first-order chi connectivity index (χ1) is 18.7. The van der Waals surface area contributed by atoms with Crippen LogP contribution in [0.3, 0.4) is 0 Å². The molecule has 3 heterocycles. The van der Waals surface area contributed by atoms with E-state index in [9.17, 15) is 33.4 Å². The van der Waals surface area contributed by atoms with Crippen LogP contribution in [0.4, 0.5) is 5.82 Å². The molecule has 21 heteroatoms. The van der Waals surface area contributed by atoms with E-state index in [1.165, 1.54) is 10.9 Å². The normalized spacial score (nSPS) is 24.2. The van der Waals surface area contributed by atoms with Crippen LogP contribution in [0.5, 0.6) is 0 Å². The van der Waals surface area contributed by atoms with Crippen LogP contribution in [0, 0.1) is 12.3 Å². The summed E-state index contributed by atoms with van der Waals surface area (Å²) in [6, 6.07) is 8.28. The fourth-order valence-electron chi connectivity index (χ4n) is 3.57. The van der Waals surface area contributed by atoms with Crippen LogP contribution >= 0.6 is 23.2 Å². The van der Waals surface area contributed by atoms with Gasteiger partial charge in [-0.1, -0.05) is 24.1 Å². The number of imidazole rings is 1. The van der Waals surface area contributed by atoms with Crippen molar-refractivity contribution in [2.75, 3.05) is 18.3 Å². The van der Waals surface area contributed by atoms with E-state index in [0.29, 0.717) is 5.56 Å². The second kappa shape index (κ2) is 11.2. The van der Waals surface area contributed by atoms with Crippen molar-refractivity contribution in [1.82, 2.24) is 19.5 Å². The number of fused-ring (bicyclic) bond motifs is 1. The van der Waals surface area contributed by atoms with Gasteiger partial charge in [-0.25, -0.2) is 28.4 Å². The number of ether oxygens (including phenoxy) is 2. The number of anilines is 1. The summed E-state index contributed by atoms with van der Waals surface area (Å²) in [5.74, 6) is 1.68. The van der Waals surface area contributed by atoms with Gasteiger partial charge in [0.25, 0.3) is 5.91 Å². The summed E-state index contributed by atoms with van der Waals surface area (Å²) in [6.45, 7) is -0.562. The highest BCUT2D eigenvalue weighted by atomic mass is 31.3. The Balaban J connectivity index is 1.51. The maximum Gasteiger partial charge on any atom is 0.488 e.